The van der Waals surface area contributed by atoms with E-state index in [1.54, 1.807) is 0 Å². The van der Waals surface area contributed by atoms with Gasteiger partial charge in [0.25, 0.3) is 0 Å². The molecule has 0 atom stereocenters. The molecule has 3 nitrogen and oxygen atoms in total. The largest absolute Gasteiger partial charge is 0.378 e. The van der Waals surface area contributed by atoms with Crippen LogP contribution in [0.4, 0.5) is 11.5 Å². The summed E-state index contributed by atoms with van der Waals surface area (Å²) in [6, 6.07) is 10.6. The van der Waals surface area contributed by atoms with Gasteiger partial charge >= 0.3 is 0 Å². The van der Waals surface area contributed by atoms with Gasteiger partial charge in [0, 0.05) is 25.8 Å². The molecular formula is C18H23N3. The highest BCUT2D eigenvalue weighted by molar-refractivity contribution is 5.66. The van der Waals surface area contributed by atoms with Crippen molar-refractivity contribution in [3.05, 3.63) is 53.2 Å². The van der Waals surface area contributed by atoms with E-state index in [0.717, 1.165) is 31.1 Å². The van der Waals surface area contributed by atoms with E-state index >= 15 is 0 Å². The van der Waals surface area contributed by atoms with E-state index in [4.69, 9.17) is 0 Å². The van der Waals surface area contributed by atoms with Crippen LogP contribution in [0.2, 0.25) is 0 Å². The molecule has 1 saturated heterocycles. The molecule has 2 aromatic rings. The maximum Gasteiger partial charge on any atom is 0.151 e. The van der Waals surface area contributed by atoms with Gasteiger partial charge in [-0.3, -0.25) is 0 Å². The summed E-state index contributed by atoms with van der Waals surface area (Å²) in [5.74, 6) is 1.10. The Kier molecular flexibility index (Phi) is 4.09. The minimum absolute atomic E-state index is 0.852. The summed E-state index contributed by atoms with van der Waals surface area (Å²) >= 11 is 0. The number of nitrogens with zero attached hydrogens (tertiary/aromatic N) is 2. The number of aromatic nitrogens is 1. The van der Waals surface area contributed by atoms with E-state index in [1.165, 1.54) is 29.5 Å². The molecule has 1 N–H and O–H groups in total. The number of rotatable bonds is 4. The molecule has 0 spiro atoms. The van der Waals surface area contributed by atoms with E-state index in [2.05, 4.69) is 53.3 Å². The van der Waals surface area contributed by atoms with Gasteiger partial charge in [-0.25, -0.2) is 4.98 Å². The van der Waals surface area contributed by atoms with Crippen LogP contribution in [0.3, 0.4) is 0 Å². The highest BCUT2D eigenvalue weighted by Gasteiger charge is 2.16. The van der Waals surface area contributed by atoms with Crippen LogP contribution in [0, 0.1) is 13.8 Å². The van der Waals surface area contributed by atoms with Crippen molar-refractivity contribution in [2.75, 3.05) is 23.3 Å². The van der Waals surface area contributed by atoms with Gasteiger partial charge in [0.2, 0.25) is 0 Å². The Balaban J connectivity index is 1.79. The smallest absolute Gasteiger partial charge is 0.151 e. The van der Waals surface area contributed by atoms with Crippen molar-refractivity contribution in [3.8, 4) is 0 Å². The standard InChI is InChI=1S/C18H23N3/c1-14-7-5-8-15(2)16(14)13-20-17-9-6-10-19-18(17)21-11-3-4-12-21/h5-10,20H,3-4,11-13H2,1-2H3. The monoisotopic (exact) mass is 281 g/mol. The van der Waals surface area contributed by atoms with Crippen molar-refractivity contribution in [2.24, 2.45) is 0 Å². The first-order valence-corrected chi connectivity index (χ1v) is 7.74. The van der Waals surface area contributed by atoms with Crippen molar-refractivity contribution >= 4 is 11.5 Å². The predicted molar refractivity (Wildman–Crippen MR) is 88.9 cm³/mol. The van der Waals surface area contributed by atoms with Gasteiger partial charge in [0.1, 0.15) is 0 Å². The van der Waals surface area contributed by atoms with Crippen LogP contribution in [-0.2, 0) is 6.54 Å². The molecule has 3 heteroatoms. The lowest BCUT2D eigenvalue weighted by Gasteiger charge is -2.21. The predicted octanol–water partition coefficient (Wildman–Crippen LogP) is 3.91. The van der Waals surface area contributed by atoms with Crippen LogP contribution in [0.25, 0.3) is 0 Å². The lowest BCUT2D eigenvalue weighted by atomic mass is 10.0. The molecule has 2 heterocycles. The quantitative estimate of drug-likeness (QED) is 0.921. The van der Waals surface area contributed by atoms with Crippen molar-refractivity contribution in [3.63, 3.8) is 0 Å². The zero-order chi connectivity index (χ0) is 14.7. The van der Waals surface area contributed by atoms with Crippen LogP contribution < -0.4 is 10.2 Å². The maximum atomic E-state index is 4.58. The third kappa shape index (κ3) is 3.02. The van der Waals surface area contributed by atoms with Crippen molar-refractivity contribution in [1.82, 2.24) is 4.98 Å². The third-order valence-corrected chi connectivity index (χ3v) is 4.29. The summed E-state index contributed by atoms with van der Waals surface area (Å²) in [4.78, 5) is 6.96. The van der Waals surface area contributed by atoms with Crippen LogP contribution in [0.5, 0.6) is 0 Å². The van der Waals surface area contributed by atoms with Crippen LogP contribution >= 0.6 is 0 Å². The number of pyridine rings is 1. The van der Waals surface area contributed by atoms with Gasteiger partial charge in [-0.2, -0.15) is 0 Å². The first-order chi connectivity index (χ1) is 10.3. The van der Waals surface area contributed by atoms with Gasteiger partial charge in [-0.15, -0.1) is 0 Å². The van der Waals surface area contributed by atoms with Gasteiger partial charge in [0.05, 0.1) is 5.69 Å². The molecule has 110 valence electrons. The van der Waals surface area contributed by atoms with Crippen LogP contribution in [0.1, 0.15) is 29.5 Å². The molecule has 21 heavy (non-hydrogen) atoms. The first kappa shape index (κ1) is 13.9. The molecule has 0 unspecified atom stereocenters. The van der Waals surface area contributed by atoms with E-state index in [0.29, 0.717) is 0 Å². The van der Waals surface area contributed by atoms with E-state index in [-0.39, 0.29) is 0 Å². The highest BCUT2D eigenvalue weighted by atomic mass is 15.2. The number of hydrogen-bond donors (Lipinski definition) is 1. The van der Waals surface area contributed by atoms with E-state index < -0.39 is 0 Å². The second kappa shape index (κ2) is 6.17. The fourth-order valence-corrected chi connectivity index (χ4v) is 3.03. The highest BCUT2D eigenvalue weighted by Crippen LogP contribution is 2.27. The molecular weight excluding hydrogens is 258 g/mol. The molecule has 0 aliphatic carbocycles. The zero-order valence-corrected chi connectivity index (χ0v) is 12.9. The Bertz CT molecular complexity index is 595. The molecule has 0 saturated carbocycles. The van der Waals surface area contributed by atoms with Crippen molar-refractivity contribution in [2.45, 2.75) is 33.2 Å². The van der Waals surface area contributed by atoms with Gasteiger partial charge in [0.15, 0.2) is 5.82 Å². The molecule has 1 aromatic carbocycles. The summed E-state index contributed by atoms with van der Waals surface area (Å²) in [7, 11) is 0. The van der Waals surface area contributed by atoms with E-state index in [1.807, 2.05) is 12.3 Å². The maximum absolute atomic E-state index is 4.58. The Labute approximate surface area is 127 Å². The lowest BCUT2D eigenvalue weighted by molar-refractivity contribution is 0.934. The lowest BCUT2D eigenvalue weighted by Crippen LogP contribution is -2.20. The summed E-state index contributed by atoms with van der Waals surface area (Å²) in [6.45, 7) is 7.44. The molecule has 0 bridgehead atoms. The minimum atomic E-state index is 0.852. The Morgan fingerprint density at radius 3 is 2.48 bits per heavy atom. The van der Waals surface area contributed by atoms with Gasteiger partial charge in [-0.1, -0.05) is 18.2 Å². The normalized spacial score (nSPS) is 14.5. The number of aryl methyl sites for hydroxylation is 2. The van der Waals surface area contributed by atoms with Crippen molar-refractivity contribution in [1.29, 1.82) is 0 Å². The van der Waals surface area contributed by atoms with Gasteiger partial charge < -0.3 is 10.2 Å². The summed E-state index contributed by atoms with van der Waals surface area (Å²) in [5.41, 5.74) is 5.21. The number of anilines is 2. The number of benzene rings is 1. The molecule has 1 aliphatic heterocycles. The first-order valence-electron chi connectivity index (χ1n) is 7.74. The second-order valence-electron chi connectivity index (χ2n) is 5.79. The van der Waals surface area contributed by atoms with Crippen molar-refractivity contribution < 1.29 is 0 Å². The van der Waals surface area contributed by atoms with Crippen LogP contribution in [0.15, 0.2) is 36.5 Å². The molecule has 0 amide bonds. The average molecular weight is 281 g/mol. The Morgan fingerprint density at radius 1 is 1.05 bits per heavy atom. The summed E-state index contributed by atoms with van der Waals surface area (Å²) < 4.78 is 0. The Hall–Kier alpha value is -2.03. The third-order valence-electron chi connectivity index (χ3n) is 4.29. The summed E-state index contributed by atoms with van der Waals surface area (Å²) in [5, 5.41) is 3.58. The molecule has 1 fully saturated rings. The topological polar surface area (TPSA) is 28.2 Å². The minimum Gasteiger partial charge on any atom is -0.378 e. The summed E-state index contributed by atoms with van der Waals surface area (Å²) in [6.07, 6.45) is 4.43. The Morgan fingerprint density at radius 2 is 1.76 bits per heavy atom. The number of nitrogens with one attached hydrogen (secondary N) is 1. The zero-order valence-electron chi connectivity index (χ0n) is 12.9. The van der Waals surface area contributed by atoms with Gasteiger partial charge in [-0.05, 0) is 55.5 Å². The molecule has 0 radical (unpaired) electrons. The van der Waals surface area contributed by atoms with E-state index in [9.17, 15) is 0 Å². The fraction of sp³-hybridized carbons (Fsp3) is 0.389. The molecule has 3 rings (SSSR count). The second-order valence-corrected chi connectivity index (χ2v) is 5.79. The number of hydrogen-bond acceptors (Lipinski definition) is 3. The molecule has 1 aromatic heterocycles. The fourth-order valence-electron chi connectivity index (χ4n) is 3.03. The SMILES string of the molecule is Cc1cccc(C)c1CNc1cccnc1N1CCCC1. The van der Waals surface area contributed by atoms with Crippen LogP contribution in [-0.4, -0.2) is 18.1 Å². The molecule has 1 aliphatic rings. The average Bonchev–Trinajstić information content (AvgIpc) is 3.01.